The van der Waals surface area contributed by atoms with E-state index in [9.17, 15) is 18.0 Å². The highest BCUT2D eigenvalue weighted by Crippen LogP contribution is 2.25. The first-order valence-corrected chi connectivity index (χ1v) is 13.5. The second-order valence-electron chi connectivity index (χ2n) is 8.57. The number of carbonyl (C=O) groups excluding carboxylic acids is 2. The number of rotatable bonds is 12. The van der Waals surface area contributed by atoms with E-state index in [4.69, 9.17) is 9.47 Å². The summed E-state index contributed by atoms with van der Waals surface area (Å²) in [5, 5.41) is 2.75. The topological polar surface area (TPSA) is 111 Å². The summed E-state index contributed by atoms with van der Waals surface area (Å²) in [5.41, 5.74) is 2.30. The molecule has 0 spiro atoms. The maximum absolute atomic E-state index is 13.3. The summed E-state index contributed by atoms with van der Waals surface area (Å²) >= 11 is 0. The summed E-state index contributed by atoms with van der Waals surface area (Å²) in [6.07, 6.45) is 1.83. The lowest BCUT2D eigenvalue weighted by Gasteiger charge is -2.20. The maximum Gasteiger partial charge on any atom is 0.338 e. The Morgan fingerprint density at radius 1 is 0.973 bits per heavy atom. The predicted molar refractivity (Wildman–Crippen MR) is 142 cm³/mol. The molecule has 0 aliphatic carbocycles. The number of aryl methyl sites for hydroxylation is 1. The predicted octanol–water partition coefficient (Wildman–Crippen LogP) is 4.49. The molecule has 0 saturated heterocycles. The van der Waals surface area contributed by atoms with E-state index in [1.54, 1.807) is 43.3 Å². The Bertz CT molecular complexity index is 1310. The van der Waals surface area contributed by atoms with E-state index in [1.807, 2.05) is 37.3 Å². The average Bonchev–Trinajstić information content (AvgIpc) is 2.89. The molecule has 0 radical (unpaired) electrons. The lowest BCUT2D eigenvalue weighted by atomic mass is 10.1. The SMILES string of the molecule is CCCCOC(=O)c1ccc(NC(=O)[C@H](Cc2ccccc2)NS(=O)(=O)c2cc(C)ccc2OC)cc1. The van der Waals surface area contributed by atoms with Crippen molar-refractivity contribution in [2.45, 2.75) is 44.0 Å². The van der Waals surface area contributed by atoms with Gasteiger partial charge < -0.3 is 14.8 Å². The van der Waals surface area contributed by atoms with Crippen LogP contribution >= 0.6 is 0 Å². The van der Waals surface area contributed by atoms with Crippen LogP contribution in [0, 0.1) is 6.92 Å². The number of carbonyl (C=O) groups is 2. The summed E-state index contributed by atoms with van der Waals surface area (Å²) < 4.78 is 39.6. The molecule has 0 unspecified atom stereocenters. The fraction of sp³-hybridized carbons (Fsp3) is 0.286. The Labute approximate surface area is 218 Å². The van der Waals surface area contributed by atoms with E-state index in [-0.39, 0.29) is 17.1 Å². The van der Waals surface area contributed by atoms with E-state index in [0.29, 0.717) is 17.9 Å². The molecule has 3 aromatic rings. The van der Waals surface area contributed by atoms with Gasteiger partial charge in [0.15, 0.2) is 0 Å². The zero-order valence-corrected chi connectivity index (χ0v) is 22.0. The average molecular weight is 525 g/mol. The molecule has 3 aromatic carbocycles. The Hall–Kier alpha value is -3.69. The van der Waals surface area contributed by atoms with Gasteiger partial charge in [-0.1, -0.05) is 49.7 Å². The van der Waals surface area contributed by atoms with Gasteiger partial charge in [0.05, 0.1) is 19.3 Å². The minimum Gasteiger partial charge on any atom is -0.495 e. The molecule has 1 atom stereocenters. The minimum atomic E-state index is -4.11. The van der Waals surface area contributed by atoms with Crippen molar-refractivity contribution in [3.05, 3.63) is 89.5 Å². The number of methoxy groups -OCH3 is 1. The molecule has 2 N–H and O–H groups in total. The van der Waals surface area contributed by atoms with Crippen LogP contribution in [-0.4, -0.2) is 40.1 Å². The van der Waals surface area contributed by atoms with E-state index in [0.717, 1.165) is 24.0 Å². The maximum atomic E-state index is 13.3. The van der Waals surface area contributed by atoms with Crippen molar-refractivity contribution in [2.24, 2.45) is 0 Å². The van der Waals surface area contributed by atoms with Crippen LogP contribution in [0.5, 0.6) is 5.75 Å². The highest BCUT2D eigenvalue weighted by Gasteiger charge is 2.28. The molecule has 0 heterocycles. The summed E-state index contributed by atoms with van der Waals surface area (Å²) in [4.78, 5) is 25.4. The van der Waals surface area contributed by atoms with Gasteiger partial charge in [-0.05, 0) is 67.3 Å². The molecule has 0 saturated carbocycles. The van der Waals surface area contributed by atoms with Crippen LogP contribution < -0.4 is 14.8 Å². The zero-order chi connectivity index (χ0) is 26.8. The van der Waals surface area contributed by atoms with Crippen molar-refractivity contribution in [1.82, 2.24) is 4.72 Å². The first-order valence-electron chi connectivity index (χ1n) is 12.0. The van der Waals surface area contributed by atoms with Gasteiger partial charge in [0.25, 0.3) is 0 Å². The van der Waals surface area contributed by atoms with Crippen molar-refractivity contribution in [1.29, 1.82) is 0 Å². The zero-order valence-electron chi connectivity index (χ0n) is 21.2. The van der Waals surface area contributed by atoms with Gasteiger partial charge in [-0.15, -0.1) is 0 Å². The number of anilines is 1. The number of esters is 1. The van der Waals surface area contributed by atoms with E-state index in [1.165, 1.54) is 13.2 Å². The van der Waals surface area contributed by atoms with Crippen LogP contribution in [0.4, 0.5) is 5.69 Å². The third-order valence-corrected chi connectivity index (χ3v) is 7.12. The van der Waals surface area contributed by atoms with Crippen molar-refractivity contribution in [3.8, 4) is 5.75 Å². The van der Waals surface area contributed by atoms with Crippen molar-refractivity contribution >= 4 is 27.6 Å². The molecule has 0 aliphatic heterocycles. The molecule has 1 amide bonds. The lowest BCUT2D eigenvalue weighted by molar-refractivity contribution is -0.117. The smallest absolute Gasteiger partial charge is 0.338 e. The van der Waals surface area contributed by atoms with Crippen molar-refractivity contribution in [2.75, 3.05) is 19.0 Å². The van der Waals surface area contributed by atoms with E-state index < -0.39 is 27.9 Å². The summed E-state index contributed by atoms with van der Waals surface area (Å²) in [5.74, 6) is -0.802. The Morgan fingerprint density at radius 3 is 2.32 bits per heavy atom. The number of ether oxygens (including phenoxy) is 2. The van der Waals surface area contributed by atoms with Crippen LogP contribution in [0.3, 0.4) is 0 Å². The molecular formula is C28H32N2O6S. The third-order valence-electron chi connectivity index (χ3n) is 5.62. The number of nitrogens with one attached hydrogen (secondary N) is 2. The summed E-state index contributed by atoms with van der Waals surface area (Å²) in [6, 6.07) is 19.1. The molecule has 0 aromatic heterocycles. The molecule has 0 bridgehead atoms. The van der Waals surface area contributed by atoms with Gasteiger partial charge in [0.2, 0.25) is 15.9 Å². The second kappa shape index (κ2) is 13.0. The molecule has 9 heteroatoms. The molecule has 0 aliphatic rings. The summed E-state index contributed by atoms with van der Waals surface area (Å²) in [7, 11) is -2.72. The fourth-order valence-electron chi connectivity index (χ4n) is 3.59. The van der Waals surface area contributed by atoms with Gasteiger partial charge in [0.1, 0.15) is 16.7 Å². The van der Waals surface area contributed by atoms with Crippen LogP contribution in [-0.2, 0) is 26.0 Å². The first kappa shape index (κ1) is 27.9. The Kier molecular flexibility index (Phi) is 9.82. The monoisotopic (exact) mass is 524 g/mol. The number of hydrogen-bond donors (Lipinski definition) is 2. The summed E-state index contributed by atoms with van der Waals surface area (Å²) in [6.45, 7) is 4.13. The van der Waals surface area contributed by atoms with Crippen LogP contribution in [0.2, 0.25) is 0 Å². The standard InChI is InChI=1S/C28H32N2O6S/c1-4-5-17-36-28(32)22-12-14-23(15-13-22)29-27(31)24(19-21-9-7-6-8-10-21)30-37(33,34)26-18-20(2)11-16-25(26)35-3/h6-16,18,24,30H,4-5,17,19H2,1-3H3,(H,29,31)/t24-/m0/s1. The first-order chi connectivity index (χ1) is 17.7. The Morgan fingerprint density at radius 2 is 1.68 bits per heavy atom. The van der Waals surface area contributed by atoms with Crippen LogP contribution in [0.15, 0.2) is 77.7 Å². The van der Waals surface area contributed by atoms with Crippen molar-refractivity contribution < 1.29 is 27.5 Å². The van der Waals surface area contributed by atoms with Gasteiger partial charge >= 0.3 is 5.97 Å². The number of benzene rings is 3. The number of hydrogen-bond acceptors (Lipinski definition) is 6. The molecule has 8 nitrogen and oxygen atoms in total. The largest absolute Gasteiger partial charge is 0.495 e. The fourth-order valence-corrected chi connectivity index (χ4v) is 5.04. The van der Waals surface area contributed by atoms with Gasteiger partial charge in [-0.25, -0.2) is 13.2 Å². The van der Waals surface area contributed by atoms with Gasteiger partial charge in [0, 0.05) is 5.69 Å². The third kappa shape index (κ3) is 7.90. The second-order valence-corrected chi connectivity index (χ2v) is 10.3. The number of amides is 1. The molecular weight excluding hydrogens is 492 g/mol. The van der Waals surface area contributed by atoms with Crippen LogP contribution in [0.1, 0.15) is 41.3 Å². The number of unbranched alkanes of at least 4 members (excludes halogenated alkanes) is 1. The van der Waals surface area contributed by atoms with Crippen molar-refractivity contribution in [3.63, 3.8) is 0 Å². The Balaban J connectivity index is 1.81. The lowest BCUT2D eigenvalue weighted by Crippen LogP contribution is -2.45. The molecule has 3 rings (SSSR count). The highest BCUT2D eigenvalue weighted by atomic mass is 32.2. The van der Waals surface area contributed by atoms with Gasteiger partial charge in [-0.2, -0.15) is 4.72 Å². The van der Waals surface area contributed by atoms with Gasteiger partial charge in [-0.3, -0.25) is 4.79 Å². The number of sulfonamides is 1. The molecule has 37 heavy (non-hydrogen) atoms. The normalized spacial score (nSPS) is 12.0. The minimum absolute atomic E-state index is 0.0493. The molecule has 0 fully saturated rings. The van der Waals surface area contributed by atoms with Crippen LogP contribution in [0.25, 0.3) is 0 Å². The molecule has 196 valence electrons. The quantitative estimate of drug-likeness (QED) is 0.267. The highest BCUT2D eigenvalue weighted by molar-refractivity contribution is 7.89. The van der Waals surface area contributed by atoms with E-state index in [2.05, 4.69) is 10.0 Å². The van der Waals surface area contributed by atoms with E-state index >= 15 is 0 Å².